The van der Waals surface area contributed by atoms with E-state index in [-0.39, 0.29) is 5.91 Å². The van der Waals surface area contributed by atoms with E-state index < -0.39 is 0 Å². The molecule has 1 amide bonds. The maximum atomic E-state index is 12.0. The molecule has 0 radical (unpaired) electrons. The topological polar surface area (TPSA) is 55.1 Å². The van der Waals surface area contributed by atoms with Crippen molar-refractivity contribution in [2.75, 3.05) is 12.3 Å². The molecule has 0 aliphatic heterocycles. The van der Waals surface area contributed by atoms with Gasteiger partial charge in [-0.2, -0.15) is 0 Å². The van der Waals surface area contributed by atoms with Crippen molar-refractivity contribution in [2.24, 2.45) is 0 Å². The van der Waals surface area contributed by atoms with Crippen LogP contribution in [0.1, 0.15) is 27.9 Å². The van der Waals surface area contributed by atoms with Crippen LogP contribution in [0.25, 0.3) is 0 Å². The number of aryl methyl sites for hydroxylation is 2. The summed E-state index contributed by atoms with van der Waals surface area (Å²) in [6.45, 7) is 2.60. The SMILES string of the molecule is Cc1ccc(C(=O)NCCCc2ccccc2)cc1N. The molecule has 2 aromatic rings. The highest BCUT2D eigenvalue weighted by Gasteiger charge is 2.06. The Hall–Kier alpha value is -2.29. The van der Waals surface area contributed by atoms with Crippen LogP contribution in [-0.4, -0.2) is 12.5 Å². The molecule has 3 N–H and O–H groups in total. The molecule has 2 rings (SSSR count). The second kappa shape index (κ2) is 6.75. The molecule has 3 heteroatoms. The minimum atomic E-state index is -0.0650. The Bertz CT molecular complexity index is 579. The lowest BCUT2D eigenvalue weighted by Gasteiger charge is -2.07. The minimum Gasteiger partial charge on any atom is -0.398 e. The van der Waals surface area contributed by atoms with Gasteiger partial charge in [0.25, 0.3) is 5.91 Å². The van der Waals surface area contributed by atoms with Crippen LogP contribution in [0.15, 0.2) is 48.5 Å². The fourth-order valence-electron chi connectivity index (χ4n) is 2.02. The number of carbonyl (C=O) groups is 1. The monoisotopic (exact) mass is 268 g/mol. The maximum absolute atomic E-state index is 12.0. The van der Waals surface area contributed by atoms with Crippen molar-refractivity contribution in [1.29, 1.82) is 0 Å². The van der Waals surface area contributed by atoms with Gasteiger partial charge in [0.05, 0.1) is 0 Å². The standard InChI is InChI=1S/C17H20N2O/c1-13-9-10-15(12-16(13)18)17(20)19-11-5-8-14-6-3-2-4-7-14/h2-4,6-7,9-10,12H,5,8,11,18H2,1H3,(H,19,20). The lowest BCUT2D eigenvalue weighted by molar-refractivity contribution is 0.0953. The highest BCUT2D eigenvalue weighted by Crippen LogP contribution is 2.12. The number of nitrogens with one attached hydrogen (secondary N) is 1. The van der Waals surface area contributed by atoms with Gasteiger partial charge in [0.15, 0.2) is 0 Å². The third-order valence-corrected chi connectivity index (χ3v) is 3.31. The van der Waals surface area contributed by atoms with Crippen molar-refractivity contribution < 1.29 is 4.79 Å². The fourth-order valence-corrected chi connectivity index (χ4v) is 2.02. The van der Waals surface area contributed by atoms with Crippen LogP contribution in [-0.2, 0) is 6.42 Å². The summed E-state index contributed by atoms with van der Waals surface area (Å²) >= 11 is 0. The predicted octanol–water partition coefficient (Wildman–Crippen LogP) is 2.94. The first-order valence-electron chi connectivity index (χ1n) is 6.85. The van der Waals surface area contributed by atoms with Crippen molar-refractivity contribution >= 4 is 11.6 Å². The van der Waals surface area contributed by atoms with Crippen molar-refractivity contribution in [1.82, 2.24) is 5.32 Å². The van der Waals surface area contributed by atoms with Crippen molar-refractivity contribution in [3.05, 3.63) is 65.2 Å². The third kappa shape index (κ3) is 3.85. The van der Waals surface area contributed by atoms with Gasteiger partial charge in [0, 0.05) is 17.8 Å². The molecule has 20 heavy (non-hydrogen) atoms. The summed E-state index contributed by atoms with van der Waals surface area (Å²) in [5.41, 5.74) is 9.37. The third-order valence-electron chi connectivity index (χ3n) is 3.31. The van der Waals surface area contributed by atoms with Gasteiger partial charge in [0.1, 0.15) is 0 Å². The Morgan fingerprint density at radius 3 is 2.60 bits per heavy atom. The van der Waals surface area contributed by atoms with E-state index in [0.717, 1.165) is 18.4 Å². The highest BCUT2D eigenvalue weighted by atomic mass is 16.1. The first-order chi connectivity index (χ1) is 9.66. The van der Waals surface area contributed by atoms with Crippen molar-refractivity contribution in [3.63, 3.8) is 0 Å². The Labute approximate surface area is 119 Å². The molecule has 0 bridgehead atoms. The number of carbonyl (C=O) groups excluding carboxylic acids is 1. The van der Waals surface area contributed by atoms with Gasteiger partial charge in [-0.15, -0.1) is 0 Å². The van der Waals surface area contributed by atoms with E-state index in [0.29, 0.717) is 17.8 Å². The summed E-state index contributed by atoms with van der Waals surface area (Å²) in [6, 6.07) is 15.7. The van der Waals surface area contributed by atoms with Gasteiger partial charge >= 0.3 is 0 Å². The zero-order valence-electron chi connectivity index (χ0n) is 11.7. The summed E-state index contributed by atoms with van der Waals surface area (Å²) in [4.78, 5) is 12.0. The van der Waals surface area contributed by atoms with Gasteiger partial charge in [-0.1, -0.05) is 36.4 Å². The van der Waals surface area contributed by atoms with Crippen LogP contribution in [0.2, 0.25) is 0 Å². The molecule has 0 heterocycles. The molecule has 0 unspecified atom stereocenters. The zero-order chi connectivity index (χ0) is 14.4. The van der Waals surface area contributed by atoms with E-state index in [2.05, 4.69) is 17.4 Å². The molecule has 2 aromatic carbocycles. The molecule has 0 saturated heterocycles. The van der Waals surface area contributed by atoms with Crippen LogP contribution in [0, 0.1) is 6.92 Å². The predicted molar refractivity (Wildman–Crippen MR) is 82.7 cm³/mol. The van der Waals surface area contributed by atoms with E-state index in [1.54, 1.807) is 12.1 Å². The van der Waals surface area contributed by atoms with Crippen molar-refractivity contribution in [2.45, 2.75) is 19.8 Å². The normalized spacial score (nSPS) is 10.2. The van der Waals surface area contributed by atoms with Crippen LogP contribution in [0.3, 0.4) is 0 Å². The van der Waals surface area contributed by atoms with E-state index in [1.165, 1.54) is 5.56 Å². The van der Waals surface area contributed by atoms with Crippen LogP contribution in [0.4, 0.5) is 5.69 Å². The van der Waals surface area contributed by atoms with Gasteiger partial charge in [0.2, 0.25) is 0 Å². The molecular weight excluding hydrogens is 248 g/mol. The molecule has 0 aromatic heterocycles. The molecule has 0 saturated carbocycles. The average molecular weight is 268 g/mol. The summed E-state index contributed by atoms with van der Waals surface area (Å²) < 4.78 is 0. The minimum absolute atomic E-state index is 0.0650. The molecule has 0 aliphatic carbocycles. The second-order valence-electron chi connectivity index (χ2n) is 4.92. The van der Waals surface area contributed by atoms with E-state index >= 15 is 0 Å². The van der Waals surface area contributed by atoms with Gasteiger partial charge in [-0.05, 0) is 43.0 Å². The van der Waals surface area contributed by atoms with Crippen LogP contribution >= 0.6 is 0 Å². The summed E-state index contributed by atoms with van der Waals surface area (Å²) in [5.74, 6) is -0.0650. The summed E-state index contributed by atoms with van der Waals surface area (Å²) in [6.07, 6.45) is 1.90. The number of benzene rings is 2. The Balaban J connectivity index is 1.79. The van der Waals surface area contributed by atoms with Gasteiger partial charge < -0.3 is 11.1 Å². The number of nitrogens with two attached hydrogens (primary N) is 1. The number of nitrogen functional groups attached to an aromatic ring is 1. The quantitative estimate of drug-likeness (QED) is 0.647. The second-order valence-corrected chi connectivity index (χ2v) is 4.92. The Kier molecular flexibility index (Phi) is 4.77. The number of hydrogen-bond donors (Lipinski definition) is 2. The largest absolute Gasteiger partial charge is 0.398 e. The van der Waals surface area contributed by atoms with Crippen molar-refractivity contribution in [3.8, 4) is 0 Å². The molecule has 0 atom stereocenters. The average Bonchev–Trinajstić information content (AvgIpc) is 2.47. The number of anilines is 1. The number of rotatable bonds is 5. The molecule has 3 nitrogen and oxygen atoms in total. The lowest BCUT2D eigenvalue weighted by atomic mass is 10.1. The van der Waals surface area contributed by atoms with Gasteiger partial charge in [-0.25, -0.2) is 0 Å². The Morgan fingerprint density at radius 1 is 1.15 bits per heavy atom. The van der Waals surface area contributed by atoms with E-state index in [9.17, 15) is 4.79 Å². The lowest BCUT2D eigenvalue weighted by Crippen LogP contribution is -2.24. The van der Waals surface area contributed by atoms with Crippen LogP contribution < -0.4 is 11.1 Å². The molecule has 0 fully saturated rings. The maximum Gasteiger partial charge on any atom is 0.251 e. The molecule has 0 spiro atoms. The first kappa shape index (κ1) is 14.1. The molecular formula is C17H20N2O. The number of amides is 1. The number of hydrogen-bond acceptors (Lipinski definition) is 2. The first-order valence-corrected chi connectivity index (χ1v) is 6.85. The Morgan fingerprint density at radius 2 is 1.90 bits per heavy atom. The zero-order valence-corrected chi connectivity index (χ0v) is 11.7. The fraction of sp³-hybridized carbons (Fsp3) is 0.235. The smallest absolute Gasteiger partial charge is 0.251 e. The van der Waals surface area contributed by atoms with E-state index in [1.807, 2.05) is 31.2 Å². The van der Waals surface area contributed by atoms with Crippen LogP contribution in [0.5, 0.6) is 0 Å². The van der Waals surface area contributed by atoms with E-state index in [4.69, 9.17) is 5.73 Å². The van der Waals surface area contributed by atoms with Gasteiger partial charge in [-0.3, -0.25) is 4.79 Å². The molecule has 104 valence electrons. The molecule has 0 aliphatic rings. The summed E-state index contributed by atoms with van der Waals surface area (Å²) in [5, 5.41) is 2.92. The highest BCUT2D eigenvalue weighted by molar-refractivity contribution is 5.95. The summed E-state index contributed by atoms with van der Waals surface area (Å²) in [7, 11) is 0.